The third-order valence-corrected chi connectivity index (χ3v) is 6.92. The predicted octanol–water partition coefficient (Wildman–Crippen LogP) is 1.74. The van der Waals surface area contributed by atoms with Crippen molar-refractivity contribution in [3.8, 4) is 0 Å². The average molecular weight is 409 g/mol. The van der Waals surface area contributed by atoms with E-state index in [1.165, 1.54) is 35.6 Å². The van der Waals surface area contributed by atoms with Crippen molar-refractivity contribution in [3.63, 3.8) is 0 Å². The fourth-order valence-electron chi connectivity index (χ4n) is 2.32. The molecule has 0 saturated heterocycles. The first-order valence-corrected chi connectivity index (χ1v) is 10.7. The number of aromatic nitrogens is 1. The summed E-state index contributed by atoms with van der Waals surface area (Å²) in [7, 11) is -3.31. The lowest BCUT2D eigenvalue weighted by Crippen LogP contribution is -2.24. The highest BCUT2D eigenvalue weighted by Crippen LogP contribution is 2.33. The van der Waals surface area contributed by atoms with Crippen molar-refractivity contribution in [2.45, 2.75) is 29.9 Å². The van der Waals surface area contributed by atoms with Crippen LogP contribution in [0.4, 0.5) is 5.13 Å². The molecule has 0 bridgehead atoms. The van der Waals surface area contributed by atoms with E-state index in [1.807, 2.05) is 6.92 Å². The van der Waals surface area contributed by atoms with Crippen molar-refractivity contribution < 1.29 is 23.2 Å². The Morgan fingerprint density at radius 2 is 2.07 bits per heavy atom. The van der Waals surface area contributed by atoms with E-state index in [0.717, 1.165) is 4.88 Å². The van der Waals surface area contributed by atoms with Gasteiger partial charge in [-0.05, 0) is 31.9 Å². The molecule has 1 aromatic heterocycles. The number of aliphatic hydroxyl groups is 1. The molecule has 1 saturated carbocycles. The Kier molecular flexibility index (Phi) is 5.88. The van der Waals surface area contributed by atoms with Crippen LogP contribution in [-0.4, -0.2) is 48.6 Å². The van der Waals surface area contributed by atoms with Gasteiger partial charge in [-0.3, -0.25) is 10.1 Å². The summed E-state index contributed by atoms with van der Waals surface area (Å²) < 4.78 is 24.6. The highest BCUT2D eigenvalue weighted by molar-refractivity contribution is 7.92. The van der Waals surface area contributed by atoms with Crippen molar-refractivity contribution in [2.75, 3.05) is 18.5 Å². The van der Waals surface area contributed by atoms with Crippen molar-refractivity contribution >= 4 is 37.9 Å². The van der Waals surface area contributed by atoms with E-state index in [1.54, 1.807) is 6.20 Å². The molecule has 2 N–H and O–H groups in total. The Morgan fingerprint density at radius 1 is 1.37 bits per heavy atom. The second-order valence-electron chi connectivity index (χ2n) is 6.00. The van der Waals surface area contributed by atoms with Gasteiger partial charge in [0.1, 0.15) is 6.61 Å². The van der Waals surface area contributed by atoms with Crippen molar-refractivity contribution in [1.82, 2.24) is 4.98 Å². The normalized spacial score (nSPS) is 14.8. The number of nitrogens with one attached hydrogen (secondary N) is 1. The summed E-state index contributed by atoms with van der Waals surface area (Å²) >= 11 is 1.31. The van der Waals surface area contributed by atoms with Crippen LogP contribution in [0.2, 0.25) is 0 Å². The SMILES string of the molecule is Cc1cnc(NC(=O)C(=NOCCO)c2ccc(S(=O)(=O)C3CC3)cc2)s1. The molecule has 3 rings (SSSR count). The Hall–Kier alpha value is -2.30. The third-order valence-electron chi connectivity index (χ3n) is 3.81. The number of oxime groups is 1. The summed E-state index contributed by atoms with van der Waals surface area (Å²) in [6.07, 6.45) is 3.00. The number of hydrogen-bond acceptors (Lipinski definition) is 8. The Labute approximate surface area is 160 Å². The number of thiazole rings is 1. The molecule has 27 heavy (non-hydrogen) atoms. The number of aliphatic hydroxyl groups excluding tert-OH is 1. The van der Waals surface area contributed by atoms with Gasteiger partial charge in [0.25, 0.3) is 5.91 Å². The standard InChI is InChI=1S/C17H19N3O5S2/c1-11-10-18-17(26-11)19-16(22)15(20-25-9-8-21)12-2-4-13(5-3-12)27(23,24)14-6-7-14/h2-5,10,14,21H,6-9H2,1H3,(H,18,19,22). The molecule has 1 heterocycles. The molecule has 0 unspecified atom stereocenters. The monoisotopic (exact) mass is 409 g/mol. The predicted molar refractivity (Wildman–Crippen MR) is 102 cm³/mol. The molecule has 10 heteroatoms. The second-order valence-corrected chi connectivity index (χ2v) is 9.46. The van der Waals surface area contributed by atoms with Gasteiger partial charge in [0.15, 0.2) is 20.7 Å². The fourth-order valence-corrected chi connectivity index (χ4v) is 4.63. The molecule has 1 aliphatic rings. The highest BCUT2D eigenvalue weighted by Gasteiger charge is 2.36. The van der Waals surface area contributed by atoms with E-state index in [4.69, 9.17) is 9.94 Å². The van der Waals surface area contributed by atoms with Crippen LogP contribution in [0, 0.1) is 6.92 Å². The van der Waals surface area contributed by atoms with Gasteiger partial charge in [-0.15, -0.1) is 11.3 Å². The molecule has 144 valence electrons. The van der Waals surface area contributed by atoms with Gasteiger partial charge in [0.2, 0.25) is 0 Å². The number of amides is 1. The summed E-state index contributed by atoms with van der Waals surface area (Å²) in [6, 6.07) is 5.96. The maximum absolute atomic E-state index is 12.6. The fraction of sp³-hybridized carbons (Fsp3) is 0.353. The molecule has 0 radical (unpaired) electrons. The molecule has 1 aromatic carbocycles. The third kappa shape index (κ3) is 4.71. The van der Waals surface area contributed by atoms with E-state index >= 15 is 0 Å². The van der Waals surface area contributed by atoms with Crippen LogP contribution in [0.1, 0.15) is 23.3 Å². The molecular formula is C17H19N3O5S2. The van der Waals surface area contributed by atoms with Crippen LogP contribution in [0.5, 0.6) is 0 Å². The number of benzene rings is 1. The summed E-state index contributed by atoms with van der Waals surface area (Å²) in [4.78, 5) is 22.8. The first kappa shape index (κ1) is 19.5. The lowest BCUT2D eigenvalue weighted by molar-refractivity contribution is -0.110. The van der Waals surface area contributed by atoms with Crippen LogP contribution in [0.15, 0.2) is 40.5 Å². The molecular weight excluding hydrogens is 390 g/mol. The van der Waals surface area contributed by atoms with E-state index in [0.29, 0.717) is 23.5 Å². The minimum absolute atomic E-state index is 0.0355. The number of hydrogen-bond donors (Lipinski definition) is 2. The zero-order chi connectivity index (χ0) is 19.4. The van der Waals surface area contributed by atoms with Crippen LogP contribution < -0.4 is 5.32 Å². The quantitative estimate of drug-likeness (QED) is 0.389. The number of rotatable bonds is 8. The molecule has 8 nitrogen and oxygen atoms in total. The molecule has 1 fully saturated rings. The molecule has 0 aliphatic heterocycles. The van der Waals surface area contributed by atoms with E-state index in [-0.39, 0.29) is 29.1 Å². The average Bonchev–Trinajstić information content (AvgIpc) is 3.43. The maximum atomic E-state index is 12.6. The zero-order valence-corrected chi connectivity index (χ0v) is 16.2. The van der Waals surface area contributed by atoms with E-state index in [9.17, 15) is 13.2 Å². The van der Waals surface area contributed by atoms with Crippen molar-refractivity contribution in [2.24, 2.45) is 5.16 Å². The zero-order valence-electron chi connectivity index (χ0n) is 14.6. The van der Waals surface area contributed by atoms with Gasteiger partial charge in [0, 0.05) is 16.6 Å². The van der Waals surface area contributed by atoms with Gasteiger partial charge in [-0.25, -0.2) is 13.4 Å². The first-order chi connectivity index (χ1) is 12.9. The summed E-state index contributed by atoms with van der Waals surface area (Å²) in [5, 5.41) is 15.4. The number of carbonyl (C=O) groups excluding carboxylic acids is 1. The lowest BCUT2D eigenvalue weighted by atomic mass is 10.1. The minimum atomic E-state index is -3.31. The first-order valence-electron chi connectivity index (χ1n) is 8.30. The maximum Gasteiger partial charge on any atom is 0.280 e. The molecule has 0 spiro atoms. The minimum Gasteiger partial charge on any atom is -0.393 e. The van der Waals surface area contributed by atoms with Gasteiger partial charge < -0.3 is 9.94 Å². The molecule has 1 amide bonds. The second kappa shape index (κ2) is 8.15. The highest BCUT2D eigenvalue weighted by atomic mass is 32.2. The van der Waals surface area contributed by atoms with Crippen LogP contribution in [0.3, 0.4) is 0 Å². The van der Waals surface area contributed by atoms with Crippen LogP contribution in [-0.2, 0) is 19.5 Å². The van der Waals surface area contributed by atoms with Gasteiger partial charge in [-0.2, -0.15) is 0 Å². The van der Waals surface area contributed by atoms with Crippen molar-refractivity contribution in [1.29, 1.82) is 0 Å². The van der Waals surface area contributed by atoms with Gasteiger partial charge in [-0.1, -0.05) is 17.3 Å². The summed E-state index contributed by atoms with van der Waals surface area (Å²) in [5.41, 5.74) is 0.361. The smallest absolute Gasteiger partial charge is 0.280 e. The Balaban J connectivity index is 1.83. The molecule has 2 aromatic rings. The van der Waals surface area contributed by atoms with E-state index in [2.05, 4.69) is 15.5 Å². The number of sulfone groups is 1. The number of anilines is 1. The number of carbonyl (C=O) groups is 1. The largest absolute Gasteiger partial charge is 0.393 e. The van der Waals surface area contributed by atoms with Gasteiger partial charge in [0.05, 0.1) is 16.8 Å². The lowest BCUT2D eigenvalue weighted by Gasteiger charge is -2.08. The number of aryl methyl sites for hydroxylation is 1. The topological polar surface area (TPSA) is 118 Å². The number of nitrogens with zero attached hydrogens (tertiary/aromatic N) is 2. The Morgan fingerprint density at radius 3 is 2.63 bits per heavy atom. The molecule has 0 atom stereocenters. The Bertz CT molecular complexity index is 947. The van der Waals surface area contributed by atoms with Crippen LogP contribution in [0.25, 0.3) is 0 Å². The van der Waals surface area contributed by atoms with Crippen LogP contribution >= 0.6 is 11.3 Å². The van der Waals surface area contributed by atoms with E-state index < -0.39 is 15.7 Å². The summed E-state index contributed by atoms with van der Waals surface area (Å²) in [5.74, 6) is -0.542. The van der Waals surface area contributed by atoms with Gasteiger partial charge >= 0.3 is 0 Å². The summed E-state index contributed by atoms with van der Waals surface area (Å²) in [6.45, 7) is 1.55. The molecule has 1 aliphatic carbocycles. The van der Waals surface area contributed by atoms with Crippen molar-refractivity contribution in [3.05, 3.63) is 40.9 Å².